The van der Waals surface area contributed by atoms with E-state index in [1.54, 1.807) is 24.3 Å². The van der Waals surface area contributed by atoms with Crippen molar-refractivity contribution in [1.82, 2.24) is 14.3 Å². The van der Waals surface area contributed by atoms with E-state index in [-0.39, 0.29) is 11.0 Å². The number of hydrogen-bond donors (Lipinski definition) is 3. The highest BCUT2D eigenvalue weighted by Crippen LogP contribution is 2.27. The van der Waals surface area contributed by atoms with Gasteiger partial charge in [0.25, 0.3) is 0 Å². The molecule has 0 spiro atoms. The summed E-state index contributed by atoms with van der Waals surface area (Å²) in [7, 11) is -3.49. The van der Waals surface area contributed by atoms with Gasteiger partial charge in [-0.1, -0.05) is 13.8 Å². The number of nitrogens with one attached hydrogen (secondary N) is 2. The number of sulfonamides is 1. The molecule has 0 amide bonds. The molecule has 158 valence electrons. The van der Waals surface area contributed by atoms with Crippen molar-refractivity contribution < 1.29 is 13.2 Å². The van der Waals surface area contributed by atoms with Gasteiger partial charge in [-0.2, -0.15) is 4.31 Å². The Kier molecular flexibility index (Phi) is 6.88. The van der Waals surface area contributed by atoms with Crippen molar-refractivity contribution in [3.8, 4) is 0 Å². The van der Waals surface area contributed by atoms with Gasteiger partial charge in [0.2, 0.25) is 10.0 Å². The third-order valence-corrected chi connectivity index (χ3v) is 6.93. The van der Waals surface area contributed by atoms with Crippen LogP contribution in [0.4, 0.5) is 23.0 Å². The number of anilines is 4. The zero-order valence-electron chi connectivity index (χ0n) is 16.8. The van der Waals surface area contributed by atoms with Crippen molar-refractivity contribution in [3.63, 3.8) is 0 Å². The lowest BCUT2D eigenvalue weighted by Crippen LogP contribution is -2.30. The van der Waals surface area contributed by atoms with Crippen LogP contribution >= 0.6 is 0 Å². The molecule has 29 heavy (non-hydrogen) atoms. The van der Waals surface area contributed by atoms with E-state index in [4.69, 9.17) is 10.5 Å². The van der Waals surface area contributed by atoms with Crippen LogP contribution in [0, 0.1) is 0 Å². The number of nitrogens with zero attached hydrogens (tertiary/aromatic N) is 3. The Morgan fingerprint density at radius 3 is 2.48 bits per heavy atom. The predicted octanol–water partition coefficient (Wildman–Crippen LogP) is 2.42. The van der Waals surface area contributed by atoms with E-state index in [0.29, 0.717) is 42.6 Å². The van der Waals surface area contributed by atoms with Crippen molar-refractivity contribution in [2.45, 2.75) is 37.7 Å². The Morgan fingerprint density at radius 1 is 1.17 bits per heavy atom. The number of rotatable bonds is 9. The first-order valence-corrected chi connectivity index (χ1v) is 11.2. The predicted molar refractivity (Wildman–Crippen MR) is 114 cm³/mol. The summed E-state index contributed by atoms with van der Waals surface area (Å²) in [6, 6.07) is 6.53. The molecule has 9 nitrogen and oxygen atoms in total. The first kappa shape index (κ1) is 21.3. The zero-order chi connectivity index (χ0) is 20.9. The van der Waals surface area contributed by atoms with Crippen LogP contribution in [0.1, 0.15) is 26.7 Å². The molecule has 3 rings (SSSR count). The fourth-order valence-corrected chi connectivity index (χ4v) is 4.67. The smallest absolute Gasteiger partial charge is 0.243 e. The van der Waals surface area contributed by atoms with Crippen LogP contribution in [0.25, 0.3) is 0 Å². The summed E-state index contributed by atoms with van der Waals surface area (Å²) in [6.45, 7) is 5.92. The summed E-state index contributed by atoms with van der Waals surface area (Å²) in [5, 5.41) is 6.33. The lowest BCUT2D eigenvalue weighted by Gasteiger charge is -2.18. The quantitative estimate of drug-likeness (QED) is 0.565. The minimum Gasteiger partial charge on any atom is -0.393 e. The van der Waals surface area contributed by atoms with E-state index < -0.39 is 10.0 Å². The summed E-state index contributed by atoms with van der Waals surface area (Å²) in [6.07, 6.45) is 3.68. The standard InChI is InChI=1S/C19H28N6O3S/c1-3-25(4-2)29(26,27)16-9-7-14(8-10-16)24-19-17(20)18(22-13-23-19)21-12-15-6-5-11-28-15/h7-10,13,15H,3-6,11-12,20H2,1-2H3,(H2,21,22,23,24). The Morgan fingerprint density at radius 2 is 1.86 bits per heavy atom. The Labute approximate surface area is 171 Å². The molecule has 1 aromatic carbocycles. The molecule has 1 aliphatic heterocycles. The lowest BCUT2D eigenvalue weighted by molar-refractivity contribution is 0.120. The van der Waals surface area contributed by atoms with E-state index in [1.807, 2.05) is 13.8 Å². The maximum Gasteiger partial charge on any atom is 0.243 e. The Bertz CT molecular complexity index is 910. The van der Waals surface area contributed by atoms with Gasteiger partial charge < -0.3 is 21.1 Å². The molecule has 1 saturated heterocycles. The molecule has 2 aromatic rings. The average molecular weight is 421 g/mol. The highest BCUT2D eigenvalue weighted by Gasteiger charge is 2.21. The number of ether oxygens (including phenoxy) is 1. The van der Waals surface area contributed by atoms with Crippen LogP contribution in [0.3, 0.4) is 0 Å². The molecule has 1 unspecified atom stereocenters. The van der Waals surface area contributed by atoms with E-state index in [1.165, 1.54) is 10.6 Å². The fraction of sp³-hybridized carbons (Fsp3) is 0.474. The van der Waals surface area contributed by atoms with Gasteiger partial charge in [-0.3, -0.25) is 0 Å². The van der Waals surface area contributed by atoms with E-state index in [9.17, 15) is 8.42 Å². The van der Waals surface area contributed by atoms with Gasteiger partial charge in [-0.05, 0) is 37.1 Å². The molecule has 1 fully saturated rings. The lowest BCUT2D eigenvalue weighted by atomic mass is 10.2. The summed E-state index contributed by atoms with van der Waals surface area (Å²) in [5.41, 5.74) is 7.27. The van der Waals surface area contributed by atoms with Crippen molar-refractivity contribution in [2.75, 3.05) is 42.6 Å². The molecule has 1 atom stereocenters. The molecular weight excluding hydrogens is 392 g/mol. The van der Waals surface area contributed by atoms with Gasteiger partial charge in [0.15, 0.2) is 11.6 Å². The van der Waals surface area contributed by atoms with Gasteiger partial charge in [-0.25, -0.2) is 18.4 Å². The van der Waals surface area contributed by atoms with Crippen LogP contribution in [0.2, 0.25) is 0 Å². The largest absolute Gasteiger partial charge is 0.393 e. The fourth-order valence-electron chi connectivity index (χ4n) is 3.21. The highest BCUT2D eigenvalue weighted by atomic mass is 32.2. The van der Waals surface area contributed by atoms with Crippen LogP contribution < -0.4 is 16.4 Å². The first-order valence-electron chi connectivity index (χ1n) is 9.78. The monoisotopic (exact) mass is 420 g/mol. The number of aromatic nitrogens is 2. The van der Waals surface area contributed by atoms with E-state index in [0.717, 1.165) is 19.4 Å². The van der Waals surface area contributed by atoms with E-state index >= 15 is 0 Å². The van der Waals surface area contributed by atoms with Gasteiger partial charge in [0, 0.05) is 31.9 Å². The SMILES string of the molecule is CCN(CC)S(=O)(=O)c1ccc(Nc2ncnc(NCC3CCCO3)c2N)cc1. The molecule has 0 radical (unpaired) electrons. The van der Waals surface area contributed by atoms with Crippen molar-refractivity contribution >= 4 is 33.0 Å². The number of nitrogen functional groups attached to an aromatic ring is 1. The molecule has 0 saturated carbocycles. The van der Waals surface area contributed by atoms with Gasteiger partial charge in [0.05, 0.1) is 11.0 Å². The highest BCUT2D eigenvalue weighted by molar-refractivity contribution is 7.89. The van der Waals surface area contributed by atoms with Crippen LogP contribution in [0.5, 0.6) is 0 Å². The van der Waals surface area contributed by atoms with Gasteiger partial charge in [-0.15, -0.1) is 0 Å². The topological polar surface area (TPSA) is 122 Å². The summed E-state index contributed by atoms with van der Waals surface area (Å²) in [5.74, 6) is 0.993. The third-order valence-electron chi connectivity index (χ3n) is 4.87. The van der Waals surface area contributed by atoms with Gasteiger partial charge in [0.1, 0.15) is 12.0 Å². The normalized spacial score (nSPS) is 16.9. The second-order valence-corrected chi connectivity index (χ2v) is 8.68. The Hall–Kier alpha value is -2.43. The maximum absolute atomic E-state index is 12.6. The second-order valence-electron chi connectivity index (χ2n) is 6.74. The second kappa shape index (κ2) is 9.38. The Balaban J connectivity index is 1.70. The maximum atomic E-state index is 12.6. The number of nitrogens with two attached hydrogens (primary N) is 1. The van der Waals surface area contributed by atoms with Crippen LogP contribution in [-0.2, 0) is 14.8 Å². The van der Waals surface area contributed by atoms with Gasteiger partial charge >= 0.3 is 0 Å². The summed E-state index contributed by atoms with van der Waals surface area (Å²) >= 11 is 0. The average Bonchev–Trinajstić information content (AvgIpc) is 3.23. The molecule has 1 aliphatic rings. The third kappa shape index (κ3) is 4.95. The number of benzene rings is 1. The molecule has 2 heterocycles. The van der Waals surface area contributed by atoms with Crippen molar-refractivity contribution in [3.05, 3.63) is 30.6 Å². The van der Waals surface area contributed by atoms with Crippen LogP contribution in [-0.4, -0.2) is 55.0 Å². The summed E-state index contributed by atoms with van der Waals surface area (Å²) < 4.78 is 32.2. The van der Waals surface area contributed by atoms with Crippen molar-refractivity contribution in [2.24, 2.45) is 0 Å². The minimum absolute atomic E-state index is 0.168. The first-order chi connectivity index (χ1) is 14.0. The molecule has 0 bridgehead atoms. The molecule has 10 heteroatoms. The molecule has 0 aliphatic carbocycles. The summed E-state index contributed by atoms with van der Waals surface area (Å²) in [4.78, 5) is 8.64. The van der Waals surface area contributed by atoms with Crippen molar-refractivity contribution in [1.29, 1.82) is 0 Å². The number of hydrogen-bond acceptors (Lipinski definition) is 8. The molecule has 1 aromatic heterocycles. The van der Waals surface area contributed by atoms with Crippen LogP contribution in [0.15, 0.2) is 35.5 Å². The minimum atomic E-state index is -3.49. The molecular formula is C19H28N6O3S. The molecule has 4 N–H and O–H groups in total. The zero-order valence-corrected chi connectivity index (χ0v) is 17.6. The van der Waals surface area contributed by atoms with E-state index in [2.05, 4.69) is 20.6 Å².